The van der Waals surface area contributed by atoms with E-state index in [0.717, 1.165) is 47.7 Å². The molecule has 0 spiro atoms. The Morgan fingerprint density at radius 2 is 2.05 bits per heavy atom. The van der Waals surface area contributed by atoms with Crippen molar-refractivity contribution in [3.05, 3.63) is 22.2 Å². The average Bonchev–Trinajstić information content (AvgIpc) is 2.40. The molecular weight excluding hydrogens is 308 g/mol. The van der Waals surface area contributed by atoms with Crippen LogP contribution >= 0.6 is 15.9 Å². The van der Waals surface area contributed by atoms with Gasteiger partial charge in [0.05, 0.1) is 18.7 Å². The molecule has 2 rings (SSSR count). The molecule has 1 heterocycles. The van der Waals surface area contributed by atoms with E-state index in [4.69, 9.17) is 9.47 Å². The highest BCUT2D eigenvalue weighted by atomic mass is 79.9. The third-order valence-electron chi connectivity index (χ3n) is 3.40. The van der Waals surface area contributed by atoms with Gasteiger partial charge in [-0.3, -0.25) is 4.90 Å². The second-order valence-corrected chi connectivity index (χ2v) is 5.74. The zero-order valence-corrected chi connectivity index (χ0v) is 13.3. The Hall–Kier alpha value is -0.780. The van der Waals surface area contributed by atoms with Crippen LogP contribution in [0.2, 0.25) is 0 Å². The summed E-state index contributed by atoms with van der Waals surface area (Å²) in [5.41, 5.74) is 1.16. The summed E-state index contributed by atoms with van der Waals surface area (Å²) in [7, 11) is 3.39. The number of nitrogens with one attached hydrogen (secondary N) is 1. The molecule has 0 bridgehead atoms. The molecule has 5 heteroatoms. The average molecular weight is 329 g/mol. The van der Waals surface area contributed by atoms with E-state index in [9.17, 15) is 0 Å². The normalized spacial score (nSPS) is 20.3. The smallest absolute Gasteiger partial charge is 0.133 e. The van der Waals surface area contributed by atoms with Gasteiger partial charge in [-0.05, 0) is 35.0 Å². The fourth-order valence-corrected chi connectivity index (χ4v) is 2.93. The van der Waals surface area contributed by atoms with Crippen LogP contribution in [0.1, 0.15) is 12.5 Å². The molecule has 1 aliphatic heterocycles. The molecule has 106 valence electrons. The van der Waals surface area contributed by atoms with Crippen molar-refractivity contribution in [2.24, 2.45) is 0 Å². The Morgan fingerprint density at radius 1 is 1.32 bits per heavy atom. The lowest BCUT2D eigenvalue weighted by Crippen LogP contribution is -2.48. The number of rotatable bonds is 4. The van der Waals surface area contributed by atoms with Crippen molar-refractivity contribution in [2.75, 3.05) is 33.9 Å². The summed E-state index contributed by atoms with van der Waals surface area (Å²) in [5, 5.41) is 3.45. The molecule has 1 fully saturated rings. The van der Waals surface area contributed by atoms with Gasteiger partial charge in [-0.1, -0.05) is 0 Å². The van der Waals surface area contributed by atoms with Crippen LogP contribution in [0, 0.1) is 0 Å². The molecule has 1 aliphatic rings. The second kappa shape index (κ2) is 6.59. The highest BCUT2D eigenvalue weighted by Crippen LogP contribution is 2.33. The third kappa shape index (κ3) is 3.61. The SMILES string of the molecule is COc1cc(CN2CCN[C@@H](C)C2)c(OC)cc1Br. The maximum Gasteiger partial charge on any atom is 0.133 e. The van der Waals surface area contributed by atoms with Crippen molar-refractivity contribution in [2.45, 2.75) is 19.5 Å². The van der Waals surface area contributed by atoms with Gasteiger partial charge in [0.25, 0.3) is 0 Å². The van der Waals surface area contributed by atoms with Crippen LogP contribution in [-0.4, -0.2) is 44.8 Å². The zero-order chi connectivity index (χ0) is 13.8. The lowest BCUT2D eigenvalue weighted by Gasteiger charge is -2.32. The van der Waals surface area contributed by atoms with Gasteiger partial charge in [0.15, 0.2) is 0 Å². The van der Waals surface area contributed by atoms with E-state index in [0.29, 0.717) is 6.04 Å². The van der Waals surface area contributed by atoms with Crippen LogP contribution in [0.15, 0.2) is 16.6 Å². The Morgan fingerprint density at radius 3 is 2.68 bits per heavy atom. The number of methoxy groups -OCH3 is 2. The van der Waals surface area contributed by atoms with Gasteiger partial charge in [-0.2, -0.15) is 0 Å². The van der Waals surface area contributed by atoms with Crippen LogP contribution in [0.5, 0.6) is 11.5 Å². The molecule has 1 atom stereocenters. The number of ether oxygens (including phenoxy) is 2. The van der Waals surface area contributed by atoms with Gasteiger partial charge >= 0.3 is 0 Å². The lowest BCUT2D eigenvalue weighted by molar-refractivity contribution is 0.197. The Balaban J connectivity index is 2.18. The van der Waals surface area contributed by atoms with Crippen molar-refractivity contribution >= 4 is 15.9 Å². The number of piperazine rings is 1. The fourth-order valence-electron chi connectivity index (χ4n) is 2.44. The minimum absolute atomic E-state index is 0.539. The molecule has 0 amide bonds. The molecule has 1 N–H and O–H groups in total. The zero-order valence-electron chi connectivity index (χ0n) is 11.7. The predicted molar refractivity (Wildman–Crippen MR) is 80.0 cm³/mol. The summed E-state index contributed by atoms with van der Waals surface area (Å²) >= 11 is 3.49. The van der Waals surface area contributed by atoms with E-state index in [-0.39, 0.29) is 0 Å². The fraction of sp³-hybridized carbons (Fsp3) is 0.571. The lowest BCUT2D eigenvalue weighted by atomic mass is 10.1. The third-order valence-corrected chi connectivity index (χ3v) is 4.02. The predicted octanol–water partition coefficient (Wildman–Crippen LogP) is 2.26. The molecule has 1 saturated heterocycles. The summed E-state index contributed by atoms with van der Waals surface area (Å²) in [4.78, 5) is 2.44. The van der Waals surface area contributed by atoms with E-state index in [1.165, 1.54) is 0 Å². The highest BCUT2D eigenvalue weighted by molar-refractivity contribution is 9.10. The van der Waals surface area contributed by atoms with Gasteiger partial charge in [0.2, 0.25) is 0 Å². The minimum atomic E-state index is 0.539. The van der Waals surface area contributed by atoms with Crippen LogP contribution in [0.25, 0.3) is 0 Å². The first kappa shape index (κ1) is 14.6. The summed E-state index contributed by atoms with van der Waals surface area (Å²) < 4.78 is 11.7. The summed E-state index contributed by atoms with van der Waals surface area (Å²) in [6.45, 7) is 6.26. The van der Waals surface area contributed by atoms with Gasteiger partial charge in [-0.15, -0.1) is 0 Å². The molecule has 0 unspecified atom stereocenters. The first-order valence-corrected chi connectivity index (χ1v) is 7.29. The van der Waals surface area contributed by atoms with E-state index in [1.807, 2.05) is 6.07 Å². The standard InChI is InChI=1S/C14H21BrN2O2/c1-10-8-17(5-4-16-10)9-11-6-14(19-3)12(15)7-13(11)18-2/h6-7,10,16H,4-5,8-9H2,1-3H3/t10-/m0/s1. The summed E-state index contributed by atoms with van der Waals surface area (Å²) in [5.74, 6) is 1.75. The number of benzene rings is 1. The maximum absolute atomic E-state index is 5.47. The highest BCUT2D eigenvalue weighted by Gasteiger charge is 2.18. The number of nitrogens with zero attached hydrogens (tertiary/aromatic N) is 1. The van der Waals surface area contributed by atoms with Crippen molar-refractivity contribution in [1.82, 2.24) is 10.2 Å². The molecule has 19 heavy (non-hydrogen) atoms. The van der Waals surface area contributed by atoms with E-state index in [1.54, 1.807) is 14.2 Å². The van der Waals surface area contributed by atoms with Crippen LogP contribution in [-0.2, 0) is 6.54 Å². The van der Waals surface area contributed by atoms with Crippen molar-refractivity contribution in [3.63, 3.8) is 0 Å². The summed E-state index contributed by atoms with van der Waals surface area (Å²) in [6.07, 6.45) is 0. The monoisotopic (exact) mass is 328 g/mol. The van der Waals surface area contributed by atoms with Gasteiger partial charge in [-0.25, -0.2) is 0 Å². The van der Waals surface area contributed by atoms with Gasteiger partial charge in [0, 0.05) is 37.8 Å². The first-order chi connectivity index (χ1) is 9.13. The van der Waals surface area contributed by atoms with E-state index < -0.39 is 0 Å². The Labute approximate surface area is 123 Å². The molecule has 0 saturated carbocycles. The van der Waals surface area contributed by atoms with E-state index in [2.05, 4.69) is 39.1 Å². The minimum Gasteiger partial charge on any atom is -0.496 e. The van der Waals surface area contributed by atoms with Crippen LogP contribution < -0.4 is 14.8 Å². The molecule has 0 aromatic heterocycles. The molecule has 0 radical (unpaired) electrons. The molecule has 1 aromatic carbocycles. The Bertz CT molecular complexity index is 440. The number of halogens is 1. The molecule has 4 nitrogen and oxygen atoms in total. The molecule has 0 aliphatic carbocycles. The van der Waals surface area contributed by atoms with Gasteiger partial charge < -0.3 is 14.8 Å². The number of hydrogen-bond acceptors (Lipinski definition) is 4. The number of hydrogen-bond donors (Lipinski definition) is 1. The first-order valence-electron chi connectivity index (χ1n) is 6.50. The molecule has 1 aromatic rings. The van der Waals surface area contributed by atoms with Gasteiger partial charge in [0.1, 0.15) is 11.5 Å². The van der Waals surface area contributed by atoms with Crippen LogP contribution in [0.3, 0.4) is 0 Å². The maximum atomic E-state index is 5.47. The van der Waals surface area contributed by atoms with Crippen molar-refractivity contribution in [1.29, 1.82) is 0 Å². The second-order valence-electron chi connectivity index (χ2n) is 4.89. The largest absolute Gasteiger partial charge is 0.496 e. The van der Waals surface area contributed by atoms with Crippen molar-refractivity contribution in [3.8, 4) is 11.5 Å². The molecular formula is C14H21BrN2O2. The van der Waals surface area contributed by atoms with Crippen molar-refractivity contribution < 1.29 is 9.47 Å². The van der Waals surface area contributed by atoms with E-state index >= 15 is 0 Å². The summed E-state index contributed by atoms with van der Waals surface area (Å²) in [6, 6.07) is 4.56. The van der Waals surface area contributed by atoms with Crippen LogP contribution in [0.4, 0.5) is 0 Å². The Kier molecular flexibility index (Phi) is 5.07. The topological polar surface area (TPSA) is 33.7 Å². The quantitative estimate of drug-likeness (QED) is 0.919.